The molecule has 5 aliphatic carbocycles. The molecule has 370 valence electrons. The minimum atomic E-state index is -1.84. The Labute approximate surface area is 380 Å². The van der Waals surface area contributed by atoms with E-state index in [9.17, 15) is 60.7 Å². The van der Waals surface area contributed by atoms with E-state index in [0.29, 0.717) is 19.3 Å². The second kappa shape index (κ2) is 17.2. The van der Waals surface area contributed by atoms with Gasteiger partial charge in [-0.2, -0.15) is 0 Å². The van der Waals surface area contributed by atoms with Gasteiger partial charge >= 0.3 is 11.9 Å². The monoisotopic (exact) mass is 926 g/mol. The molecule has 8 rings (SSSR count). The third-order valence-electron chi connectivity index (χ3n) is 18.9. The molecule has 18 heteroatoms. The first kappa shape index (κ1) is 49.5. The molecule has 0 spiro atoms. The summed E-state index contributed by atoms with van der Waals surface area (Å²) < 4.78 is 35.0. The highest BCUT2D eigenvalue weighted by molar-refractivity contribution is 5.79. The number of fused-ring (bicyclic) bond motifs is 7. The van der Waals surface area contributed by atoms with Gasteiger partial charge in [0, 0.05) is 0 Å². The lowest BCUT2D eigenvalue weighted by Gasteiger charge is -2.71. The van der Waals surface area contributed by atoms with Gasteiger partial charge in [-0.1, -0.05) is 60.1 Å². The van der Waals surface area contributed by atoms with Gasteiger partial charge < -0.3 is 79.5 Å². The zero-order chi connectivity index (χ0) is 47.6. The van der Waals surface area contributed by atoms with Crippen LogP contribution in [0, 0.1) is 50.2 Å². The molecule has 0 amide bonds. The number of aliphatic carboxylic acids is 1. The molecule has 4 saturated carbocycles. The number of carbonyl (C=O) groups is 2. The molecule has 10 N–H and O–H groups in total. The quantitative estimate of drug-likeness (QED) is 0.0872. The Hall–Kier alpha value is -1.88. The van der Waals surface area contributed by atoms with Crippen molar-refractivity contribution < 1.29 is 89.1 Å². The molecule has 0 aromatic rings. The summed E-state index contributed by atoms with van der Waals surface area (Å²) in [6, 6.07) is 0. The molecule has 0 aromatic heterocycles. The number of carboxylic acids is 1. The van der Waals surface area contributed by atoms with E-state index in [1.807, 2.05) is 0 Å². The number of aliphatic hydroxyl groups excluding tert-OH is 9. The number of aliphatic hydroxyl groups is 9. The van der Waals surface area contributed by atoms with E-state index in [4.69, 9.17) is 28.4 Å². The fraction of sp³-hybridized carbons (Fsp3) is 0.915. The van der Waals surface area contributed by atoms with Crippen LogP contribution in [0.4, 0.5) is 0 Å². The molecule has 0 aromatic carbocycles. The molecule has 0 unspecified atom stereocenters. The Balaban J connectivity index is 1.01. The zero-order valence-corrected chi connectivity index (χ0v) is 38.7. The molecule has 7 fully saturated rings. The van der Waals surface area contributed by atoms with Crippen molar-refractivity contribution in [3.05, 3.63) is 11.6 Å². The van der Waals surface area contributed by atoms with Gasteiger partial charge in [0.25, 0.3) is 0 Å². The molecular formula is C47H74O18. The second-order valence-corrected chi connectivity index (χ2v) is 23.0. The molecule has 65 heavy (non-hydrogen) atoms. The summed E-state index contributed by atoms with van der Waals surface area (Å²) in [7, 11) is 0. The van der Waals surface area contributed by atoms with Crippen molar-refractivity contribution in [3.63, 3.8) is 0 Å². The lowest BCUT2D eigenvalue weighted by molar-refractivity contribution is -0.342. The van der Waals surface area contributed by atoms with Crippen molar-refractivity contribution in [1.82, 2.24) is 0 Å². The summed E-state index contributed by atoms with van der Waals surface area (Å²) in [6.45, 7) is 14.6. The van der Waals surface area contributed by atoms with Crippen molar-refractivity contribution in [2.24, 2.45) is 50.2 Å². The van der Waals surface area contributed by atoms with E-state index < -0.39 is 128 Å². The Bertz CT molecular complexity index is 1820. The number of allylic oxidation sites excluding steroid dienone is 2. The van der Waals surface area contributed by atoms with Crippen LogP contribution in [-0.4, -0.2) is 168 Å². The fourth-order valence-electron chi connectivity index (χ4n) is 14.8. The molecule has 3 heterocycles. The van der Waals surface area contributed by atoms with Gasteiger partial charge in [-0.3, -0.25) is 4.79 Å². The summed E-state index contributed by atoms with van der Waals surface area (Å²) in [6.07, 6.45) is -13.2. The van der Waals surface area contributed by atoms with E-state index >= 15 is 0 Å². The van der Waals surface area contributed by atoms with Gasteiger partial charge in [0.15, 0.2) is 18.7 Å². The Morgan fingerprint density at radius 3 is 1.89 bits per heavy atom. The fourth-order valence-corrected chi connectivity index (χ4v) is 14.8. The standard InChI is InChI=1S/C47H74O18/c1-42(2)14-16-47(41(59)65-39-33(55)30(52)28(50)23(19-48)61-39)17-15-45(6)21(22(47)18-42)8-9-26-44(5)12-11-27(43(3,4)25(44)10-13-46(26,45)7)62-40-34(56)31(53)35(36(64-40)37(57)58)63-38-32(54)29(51)24(20-49)60-38/h8,22-36,38-40,48-56H,9-20H2,1-7H3,(H,57,58)/t22-,23-,24+,25+,26-,27+,28-,29+,30+,31-,32-,33-,34-,35+,36+,38+,39+,40-,44+,45-,46-,47-/m1/s1. The van der Waals surface area contributed by atoms with Crippen molar-refractivity contribution in [3.8, 4) is 0 Å². The lowest BCUT2D eigenvalue weighted by Crippen LogP contribution is -2.66. The average Bonchev–Trinajstić information content (AvgIpc) is 3.52. The summed E-state index contributed by atoms with van der Waals surface area (Å²) in [5.41, 5.74) is -0.800. The SMILES string of the molecule is CC1(C)CC[C@@]2(C(=O)O[C@@H]3O[C@H](CO)[C@@H](O)[C@H](O)[C@H]3O)CC[C@]3(C)C(=CC[C@@H]4[C@@]5(C)CC[C@H](O[C@@H]6O[C@H](C(=O)O)[C@@H](O[C@@H]7O[C@@H](CO)[C@H](O)[C@H]7O)[C@H](O)[C@H]6O)C(C)(C)[C@@H]5CC[C@]43C)[C@H]2C1. The molecule has 22 atom stereocenters. The summed E-state index contributed by atoms with van der Waals surface area (Å²) in [5, 5.41) is 104. The largest absolute Gasteiger partial charge is 0.479 e. The first-order chi connectivity index (χ1) is 30.3. The Kier molecular flexibility index (Phi) is 13.1. The first-order valence-electron chi connectivity index (χ1n) is 23.7. The summed E-state index contributed by atoms with van der Waals surface area (Å²) in [5.74, 6) is -1.77. The highest BCUT2D eigenvalue weighted by Gasteiger charge is 2.70. The Morgan fingerprint density at radius 2 is 1.25 bits per heavy atom. The van der Waals surface area contributed by atoms with Crippen LogP contribution in [0.15, 0.2) is 11.6 Å². The van der Waals surface area contributed by atoms with E-state index in [1.54, 1.807) is 0 Å². The van der Waals surface area contributed by atoms with Gasteiger partial charge in [0.1, 0.15) is 61.0 Å². The first-order valence-corrected chi connectivity index (χ1v) is 23.7. The molecule has 0 radical (unpaired) electrons. The van der Waals surface area contributed by atoms with Crippen LogP contribution in [-0.2, 0) is 38.0 Å². The molecule has 0 bridgehead atoms. The minimum absolute atomic E-state index is 0.0645. The maximum absolute atomic E-state index is 14.6. The molecular weight excluding hydrogens is 852 g/mol. The van der Waals surface area contributed by atoms with Crippen molar-refractivity contribution >= 4 is 11.9 Å². The molecule has 18 nitrogen and oxygen atoms in total. The zero-order valence-electron chi connectivity index (χ0n) is 38.7. The number of rotatable bonds is 9. The van der Waals surface area contributed by atoms with Gasteiger partial charge in [0.05, 0.1) is 24.7 Å². The number of carboxylic acid groups (broad SMARTS) is 1. The smallest absolute Gasteiger partial charge is 0.335 e. The predicted molar refractivity (Wildman–Crippen MR) is 225 cm³/mol. The summed E-state index contributed by atoms with van der Waals surface area (Å²) in [4.78, 5) is 27.2. The molecule has 3 aliphatic heterocycles. The third kappa shape index (κ3) is 7.67. The van der Waals surface area contributed by atoms with Gasteiger partial charge in [-0.05, 0) is 109 Å². The second-order valence-electron chi connectivity index (χ2n) is 23.0. The third-order valence-corrected chi connectivity index (χ3v) is 18.9. The molecule has 3 saturated heterocycles. The van der Waals surface area contributed by atoms with Crippen LogP contribution in [0.2, 0.25) is 0 Å². The van der Waals surface area contributed by atoms with Crippen molar-refractivity contribution in [2.75, 3.05) is 13.2 Å². The number of esters is 1. The van der Waals surface area contributed by atoms with Crippen molar-refractivity contribution in [2.45, 2.75) is 205 Å². The maximum Gasteiger partial charge on any atom is 0.335 e. The van der Waals surface area contributed by atoms with Gasteiger partial charge in [-0.25, -0.2) is 4.79 Å². The average molecular weight is 927 g/mol. The number of carbonyl (C=O) groups excluding carboxylic acids is 1. The van der Waals surface area contributed by atoms with Crippen LogP contribution in [0.1, 0.15) is 113 Å². The number of ether oxygens (including phenoxy) is 6. The minimum Gasteiger partial charge on any atom is -0.479 e. The predicted octanol–water partition coefficient (Wildman–Crippen LogP) is 0.872. The van der Waals surface area contributed by atoms with E-state index in [1.165, 1.54) is 5.57 Å². The van der Waals surface area contributed by atoms with E-state index in [2.05, 4.69) is 54.5 Å². The van der Waals surface area contributed by atoms with Crippen molar-refractivity contribution in [1.29, 1.82) is 0 Å². The van der Waals surface area contributed by atoms with Crippen LogP contribution >= 0.6 is 0 Å². The number of hydrogen-bond donors (Lipinski definition) is 10. The van der Waals surface area contributed by atoms with Gasteiger partial charge in [-0.15, -0.1) is 0 Å². The number of hydrogen-bond acceptors (Lipinski definition) is 17. The van der Waals surface area contributed by atoms with Gasteiger partial charge in [0.2, 0.25) is 6.29 Å². The molecule has 8 aliphatic rings. The highest BCUT2D eigenvalue weighted by Crippen LogP contribution is 2.76. The topological polar surface area (TPSA) is 292 Å². The van der Waals surface area contributed by atoms with Crippen LogP contribution in [0.3, 0.4) is 0 Å². The normalized spacial score (nSPS) is 52.5. The summed E-state index contributed by atoms with van der Waals surface area (Å²) >= 11 is 0. The van der Waals surface area contributed by atoms with Crippen LogP contribution < -0.4 is 0 Å². The Morgan fingerprint density at radius 1 is 0.662 bits per heavy atom. The lowest BCUT2D eigenvalue weighted by atomic mass is 9.33. The van der Waals surface area contributed by atoms with Crippen LogP contribution in [0.5, 0.6) is 0 Å². The van der Waals surface area contributed by atoms with Crippen LogP contribution in [0.25, 0.3) is 0 Å². The highest BCUT2D eigenvalue weighted by atomic mass is 16.8. The maximum atomic E-state index is 14.6. The van der Waals surface area contributed by atoms with E-state index in [-0.39, 0.29) is 39.4 Å². The van der Waals surface area contributed by atoms with E-state index in [0.717, 1.165) is 44.9 Å².